The van der Waals surface area contributed by atoms with Crippen molar-refractivity contribution in [3.8, 4) is 0 Å². The molecule has 0 aliphatic carbocycles. The lowest BCUT2D eigenvalue weighted by Gasteiger charge is -2.23. The Bertz CT molecular complexity index is 1110. The van der Waals surface area contributed by atoms with Crippen LogP contribution in [0.5, 0.6) is 0 Å². The lowest BCUT2D eigenvalue weighted by Crippen LogP contribution is -2.44. The molecule has 0 aromatic heterocycles. The van der Waals surface area contributed by atoms with Crippen molar-refractivity contribution in [2.75, 3.05) is 26.4 Å². The number of carboxylic acids is 1. The van der Waals surface area contributed by atoms with Crippen LogP contribution in [-0.2, 0) is 31.9 Å². The summed E-state index contributed by atoms with van der Waals surface area (Å²) in [6, 6.07) is 15.3. The van der Waals surface area contributed by atoms with Gasteiger partial charge >= 0.3 is 5.97 Å². The number of ether oxygens (including phenoxy) is 2. The quantitative estimate of drug-likeness (QED) is 0.154. The molecular weight excluding hydrogens is 844 g/mol. The van der Waals surface area contributed by atoms with E-state index in [4.69, 9.17) is 25.4 Å². The molecule has 2 aromatic rings. The van der Waals surface area contributed by atoms with Gasteiger partial charge in [0.15, 0.2) is 0 Å². The Morgan fingerprint density at radius 2 is 1.16 bits per heavy atom. The first-order chi connectivity index (χ1) is 20.8. The summed E-state index contributed by atoms with van der Waals surface area (Å²) < 4.78 is 12.9. The molecule has 0 spiro atoms. The first-order valence-electron chi connectivity index (χ1n) is 14.3. The third kappa shape index (κ3) is 24.0. The molecule has 1 amide bonds. The standard InChI is InChI=1S/C16H23Br2NO3.C9H12BrNO.C7H13BrO3/c1-16(2,3)22-10-14(18)15(21)19-13(9-20)8-11-4-6-12(17)7-5-11;10-8-3-1-7(2-4-8)5-9(11)6-12;1-7(2,3)11-4-5(8)6(9)10/h4-7,13-14,20H,8-10H2,1-3H3,(H,19,21);1-4,9,12H,5-6,11H2;5H,4H2,1-3H3,(H,9,10)/t13?,14-;;5-/m1.1/s1. The summed E-state index contributed by atoms with van der Waals surface area (Å²) in [5.74, 6) is -1.07. The number of halogens is 4. The van der Waals surface area contributed by atoms with Crippen molar-refractivity contribution in [3.05, 3.63) is 68.6 Å². The first kappa shape index (κ1) is 44.1. The molecule has 9 nitrogen and oxygen atoms in total. The van der Waals surface area contributed by atoms with Crippen LogP contribution in [0.4, 0.5) is 0 Å². The maximum absolute atomic E-state index is 12.1. The van der Waals surface area contributed by atoms with E-state index in [1.54, 1.807) is 0 Å². The third-order valence-electron chi connectivity index (χ3n) is 5.49. The normalized spacial score (nSPS) is 14.1. The summed E-state index contributed by atoms with van der Waals surface area (Å²) in [6.45, 7) is 11.9. The van der Waals surface area contributed by atoms with E-state index in [1.807, 2.05) is 90.1 Å². The highest BCUT2D eigenvalue weighted by atomic mass is 79.9. The number of aliphatic hydroxyl groups excluding tert-OH is 2. The molecular formula is C32H48Br4N2O7. The minimum Gasteiger partial charge on any atom is -0.480 e. The van der Waals surface area contributed by atoms with Gasteiger partial charge in [-0.25, -0.2) is 0 Å². The summed E-state index contributed by atoms with van der Waals surface area (Å²) in [4.78, 5) is 21.4. The lowest BCUT2D eigenvalue weighted by molar-refractivity contribution is -0.138. The zero-order valence-electron chi connectivity index (χ0n) is 26.7. The van der Waals surface area contributed by atoms with E-state index in [9.17, 15) is 14.7 Å². The molecule has 0 aliphatic heterocycles. The summed E-state index contributed by atoms with van der Waals surface area (Å²) >= 11 is 13.0. The number of rotatable bonds is 13. The average Bonchev–Trinajstić information content (AvgIpc) is 2.96. The molecule has 2 unspecified atom stereocenters. The number of benzene rings is 2. The Balaban J connectivity index is 0.000000710. The van der Waals surface area contributed by atoms with Crippen LogP contribution in [0.3, 0.4) is 0 Å². The Hall–Kier alpha value is -0.900. The van der Waals surface area contributed by atoms with Crippen LogP contribution in [0, 0.1) is 0 Å². The number of aliphatic carboxylic acids is 1. The number of aliphatic hydroxyl groups is 2. The minimum atomic E-state index is -0.894. The summed E-state index contributed by atoms with van der Waals surface area (Å²) in [5.41, 5.74) is 7.22. The van der Waals surface area contributed by atoms with E-state index < -0.39 is 15.6 Å². The molecule has 6 N–H and O–H groups in total. The van der Waals surface area contributed by atoms with Gasteiger partial charge in [0.25, 0.3) is 0 Å². The number of carbonyl (C=O) groups is 2. The maximum atomic E-state index is 12.1. The van der Waals surface area contributed by atoms with Gasteiger partial charge < -0.3 is 35.8 Å². The molecule has 0 heterocycles. The van der Waals surface area contributed by atoms with Gasteiger partial charge in [0.2, 0.25) is 5.91 Å². The van der Waals surface area contributed by atoms with Crippen LogP contribution in [0.15, 0.2) is 57.5 Å². The second-order valence-corrected chi connectivity index (χ2v) is 16.2. The Morgan fingerprint density at radius 3 is 1.51 bits per heavy atom. The van der Waals surface area contributed by atoms with Crippen LogP contribution in [-0.4, -0.2) is 86.6 Å². The fraction of sp³-hybridized carbons (Fsp3) is 0.562. The number of carboxylic acid groups (broad SMARTS) is 1. The fourth-order valence-electron chi connectivity index (χ4n) is 3.14. The zero-order chi connectivity index (χ0) is 34.8. The molecule has 0 saturated carbocycles. The second-order valence-electron chi connectivity index (χ2n) is 12.1. The number of alkyl halides is 2. The second kappa shape index (κ2) is 22.6. The van der Waals surface area contributed by atoms with Crippen LogP contribution in [0.25, 0.3) is 0 Å². The van der Waals surface area contributed by atoms with Crippen molar-refractivity contribution in [1.29, 1.82) is 0 Å². The summed E-state index contributed by atoms with van der Waals surface area (Å²) in [6.07, 6.45) is 1.30. The number of nitrogens with two attached hydrogens (primary N) is 1. The van der Waals surface area contributed by atoms with Crippen LogP contribution >= 0.6 is 63.7 Å². The summed E-state index contributed by atoms with van der Waals surface area (Å²) in [5, 5.41) is 29.5. The van der Waals surface area contributed by atoms with Crippen LogP contribution in [0.2, 0.25) is 0 Å². The van der Waals surface area contributed by atoms with E-state index in [1.165, 1.54) is 0 Å². The topological polar surface area (TPSA) is 151 Å². The number of amides is 1. The molecule has 256 valence electrons. The van der Waals surface area contributed by atoms with Gasteiger partial charge in [0.1, 0.15) is 9.65 Å². The van der Waals surface area contributed by atoms with E-state index in [0.29, 0.717) is 6.42 Å². The molecule has 13 heteroatoms. The monoisotopic (exact) mass is 888 g/mol. The highest BCUT2D eigenvalue weighted by molar-refractivity contribution is 9.11. The predicted octanol–water partition coefficient (Wildman–Crippen LogP) is 6.01. The first-order valence-corrected chi connectivity index (χ1v) is 17.7. The van der Waals surface area contributed by atoms with Crippen molar-refractivity contribution >= 4 is 75.6 Å². The molecule has 0 fully saturated rings. The van der Waals surface area contributed by atoms with Gasteiger partial charge in [-0.3, -0.25) is 9.59 Å². The molecule has 2 rings (SSSR count). The Kier molecular flexibility index (Phi) is 22.2. The van der Waals surface area contributed by atoms with Crippen molar-refractivity contribution in [1.82, 2.24) is 5.32 Å². The number of carbonyl (C=O) groups excluding carboxylic acids is 1. The van der Waals surface area contributed by atoms with Gasteiger partial charge in [-0.05, 0) is 89.8 Å². The third-order valence-corrected chi connectivity index (χ3v) is 7.88. The van der Waals surface area contributed by atoms with Gasteiger partial charge in [-0.1, -0.05) is 88.0 Å². The van der Waals surface area contributed by atoms with E-state index >= 15 is 0 Å². The van der Waals surface area contributed by atoms with Gasteiger partial charge in [-0.15, -0.1) is 0 Å². The molecule has 0 aliphatic rings. The highest BCUT2D eigenvalue weighted by Gasteiger charge is 2.22. The van der Waals surface area contributed by atoms with Crippen molar-refractivity contribution in [3.63, 3.8) is 0 Å². The van der Waals surface area contributed by atoms with Crippen molar-refractivity contribution in [2.45, 2.75) is 87.3 Å². The summed E-state index contributed by atoms with van der Waals surface area (Å²) in [7, 11) is 0. The van der Waals surface area contributed by atoms with Crippen LogP contribution < -0.4 is 11.1 Å². The van der Waals surface area contributed by atoms with Crippen molar-refractivity contribution in [2.24, 2.45) is 5.73 Å². The van der Waals surface area contributed by atoms with Gasteiger partial charge in [0.05, 0.1) is 43.7 Å². The fourth-order valence-corrected chi connectivity index (χ4v) is 4.06. The van der Waals surface area contributed by atoms with E-state index in [0.717, 1.165) is 26.5 Å². The Morgan fingerprint density at radius 1 is 0.756 bits per heavy atom. The predicted molar refractivity (Wildman–Crippen MR) is 194 cm³/mol. The maximum Gasteiger partial charge on any atom is 0.319 e. The van der Waals surface area contributed by atoms with Gasteiger partial charge in [-0.2, -0.15) is 0 Å². The lowest BCUT2D eigenvalue weighted by atomic mass is 10.1. The Labute approximate surface area is 301 Å². The van der Waals surface area contributed by atoms with Gasteiger partial charge in [0, 0.05) is 15.0 Å². The van der Waals surface area contributed by atoms with Crippen molar-refractivity contribution < 1.29 is 34.4 Å². The average molecular weight is 892 g/mol. The molecule has 0 saturated heterocycles. The number of hydrogen-bond acceptors (Lipinski definition) is 7. The molecule has 0 bridgehead atoms. The minimum absolute atomic E-state index is 0.0378. The molecule has 45 heavy (non-hydrogen) atoms. The van der Waals surface area contributed by atoms with E-state index in [2.05, 4.69) is 69.0 Å². The highest BCUT2D eigenvalue weighted by Crippen LogP contribution is 2.14. The number of nitrogens with one attached hydrogen (secondary N) is 1. The molecule has 4 atom stereocenters. The number of hydrogen-bond donors (Lipinski definition) is 5. The zero-order valence-corrected chi connectivity index (χ0v) is 33.1. The smallest absolute Gasteiger partial charge is 0.319 e. The largest absolute Gasteiger partial charge is 0.480 e. The van der Waals surface area contributed by atoms with E-state index in [-0.39, 0.29) is 55.6 Å². The SMILES string of the molecule is CC(C)(C)OC[C@@H](Br)C(=O)NC(CO)Cc1ccc(Br)cc1.CC(C)(C)OC[C@@H](Br)C(=O)O.NC(CO)Cc1ccc(Br)cc1. The molecule has 2 aromatic carbocycles. The van der Waals surface area contributed by atoms with Crippen LogP contribution in [0.1, 0.15) is 52.7 Å². The molecule has 0 radical (unpaired) electrons.